The smallest absolute Gasteiger partial charge is 0.127 e. The second-order valence-electron chi connectivity index (χ2n) is 3.90. The molecule has 4 nitrogen and oxygen atoms in total. The predicted octanol–water partition coefficient (Wildman–Crippen LogP) is 1.75. The van der Waals surface area contributed by atoms with Gasteiger partial charge in [-0.1, -0.05) is 0 Å². The minimum Gasteiger partial charge on any atom is -0.491 e. The first-order valence-electron chi connectivity index (χ1n) is 5.99. The van der Waals surface area contributed by atoms with Crippen LogP contribution in [0.5, 0.6) is 11.5 Å². The van der Waals surface area contributed by atoms with E-state index in [1.807, 2.05) is 26.1 Å². The molecular weight excluding hydrogens is 218 g/mol. The summed E-state index contributed by atoms with van der Waals surface area (Å²) in [5.41, 5.74) is 1.20. The number of hydrogen-bond acceptors (Lipinski definition) is 4. The standard InChI is InChI=1S/C13H19NO3/c1-3-15-6-7-16-10-4-5-11-12(14-2)9-17-13(11)8-10/h4-5,8,12,14H,3,6-7,9H2,1-2H3. The molecule has 17 heavy (non-hydrogen) atoms. The molecule has 2 rings (SSSR count). The molecule has 0 spiro atoms. The van der Waals surface area contributed by atoms with Gasteiger partial charge >= 0.3 is 0 Å². The quantitative estimate of drug-likeness (QED) is 0.765. The SMILES string of the molecule is CCOCCOc1ccc2c(c1)OCC2NC. The Morgan fingerprint density at radius 3 is 3.06 bits per heavy atom. The fourth-order valence-electron chi connectivity index (χ4n) is 1.88. The Morgan fingerprint density at radius 1 is 1.41 bits per heavy atom. The van der Waals surface area contributed by atoms with Crippen LogP contribution in [-0.4, -0.2) is 33.5 Å². The predicted molar refractivity (Wildman–Crippen MR) is 65.7 cm³/mol. The Labute approximate surface area is 102 Å². The molecule has 0 saturated carbocycles. The van der Waals surface area contributed by atoms with Crippen LogP contribution in [-0.2, 0) is 4.74 Å². The van der Waals surface area contributed by atoms with Gasteiger partial charge in [-0.25, -0.2) is 0 Å². The van der Waals surface area contributed by atoms with E-state index in [1.54, 1.807) is 0 Å². The van der Waals surface area contributed by atoms with Crippen molar-refractivity contribution < 1.29 is 14.2 Å². The molecule has 0 aromatic heterocycles. The van der Waals surface area contributed by atoms with Crippen LogP contribution >= 0.6 is 0 Å². The highest BCUT2D eigenvalue weighted by Crippen LogP contribution is 2.34. The molecule has 1 atom stereocenters. The topological polar surface area (TPSA) is 39.7 Å². The van der Waals surface area contributed by atoms with Crippen LogP contribution in [0.4, 0.5) is 0 Å². The summed E-state index contributed by atoms with van der Waals surface area (Å²) in [6.07, 6.45) is 0. The molecule has 0 bridgehead atoms. The summed E-state index contributed by atoms with van der Waals surface area (Å²) in [6.45, 7) is 4.57. The van der Waals surface area contributed by atoms with Crippen molar-refractivity contribution in [2.24, 2.45) is 0 Å². The molecule has 0 radical (unpaired) electrons. The van der Waals surface area contributed by atoms with Gasteiger partial charge in [0.25, 0.3) is 0 Å². The van der Waals surface area contributed by atoms with Gasteiger partial charge in [0.15, 0.2) is 0 Å². The Hall–Kier alpha value is -1.26. The van der Waals surface area contributed by atoms with E-state index in [9.17, 15) is 0 Å². The van der Waals surface area contributed by atoms with E-state index in [0.717, 1.165) is 18.1 Å². The first-order valence-corrected chi connectivity index (χ1v) is 5.99. The molecule has 0 fully saturated rings. The molecule has 4 heteroatoms. The fourth-order valence-corrected chi connectivity index (χ4v) is 1.88. The van der Waals surface area contributed by atoms with Gasteiger partial charge in [0, 0.05) is 18.2 Å². The average molecular weight is 237 g/mol. The number of nitrogens with one attached hydrogen (secondary N) is 1. The zero-order valence-electron chi connectivity index (χ0n) is 10.4. The first-order chi connectivity index (χ1) is 8.35. The molecule has 1 aromatic rings. The lowest BCUT2D eigenvalue weighted by Gasteiger charge is -2.09. The largest absolute Gasteiger partial charge is 0.491 e. The third kappa shape index (κ3) is 2.90. The Kier molecular flexibility index (Phi) is 4.23. The van der Waals surface area contributed by atoms with E-state index in [4.69, 9.17) is 14.2 Å². The monoisotopic (exact) mass is 237 g/mol. The second kappa shape index (κ2) is 5.89. The van der Waals surface area contributed by atoms with Crippen LogP contribution in [0.1, 0.15) is 18.5 Å². The normalized spacial score (nSPS) is 17.6. The van der Waals surface area contributed by atoms with E-state index >= 15 is 0 Å². The maximum Gasteiger partial charge on any atom is 0.127 e. The lowest BCUT2D eigenvalue weighted by Crippen LogP contribution is -2.17. The van der Waals surface area contributed by atoms with Gasteiger partial charge < -0.3 is 19.5 Å². The van der Waals surface area contributed by atoms with Crippen LogP contribution in [0.3, 0.4) is 0 Å². The first kappa shape index (κ1) is 12.2. The molecule has 1 aliphatic heterocycles. The molecule has 1 aromatic carbocycles. The number of rotatable bonds is 6. The zero-order valence-corrected chi connectivity index (χ0v) is 10.4. The summed E-state index contributed by atoms with van der Waals surface area (Å²) in [5.74, 6) is 1.75. The fraction of sp³-hybridized carbons (Fsp3) is 0.538. The Bertz CT molecular complexity index is 368. The summed E-state index contributed by atoms with van der Waals surface area (Å²) >= 11 is 0. The van der Waals surface area contributed by atoms with Crippen molar-refractivity contribution in [1.29, 1.82) is 0 Å². The number of ether oxygens (including phenoxy) is 3. The summed E-state index contributed by atoms with van der Waals surface area (Å²) in [4.78, 5) is 0. The van der Waals surface area contributed by atoms with Crippen molar-refractivity contribution in [1.82, 2.24) is 5.32 Å². The second-order valence-corrected chi connectivity index (χ2v) is 3.90. The van der Waals surface area contributed by atoms with Crippen LogP contribution in [0.15, 0.2) is 18.2 Å². The molecule has 0 aliphatic carbocycles. The Morgan fingerprint density at radius 2 is 2.29 bits per heavy atom. The van der Waals surface area contributed by atoms with Crippen molar-refractivity contribution >= 4 is 0 Å². The highest BCUT2D eigenvalue weighted by Gasteiger charge is 2.22. The van der Waals surface area contributed by atoms with Crippen molar-refractivity contribution in [3.05, 3.63) is 23.8 Å². The van der Waals surface area contributed by atoms with Gasteiger partial charge in [-0.2, -0.15) is 0 Å². The number of benzene rings is 1. The Balaban J connectivity index is 1.93. The van der Waals surface area contributed by atoms with E-state index < -0.39 is 0 Å². The summed E-state index contributed by atoms with van der Waals surface area (Å²) in [5, 5.41) is 3.21. The lowest BCUT2D eigenvalue weighted by molar-refractivity contribution is 0.110. The van der Waals surface area contributed by atoms with Crippen LogP contribution < -0.4 is 14.8 Å². The summed E-state index contributed by atoms with van der Waals surface area (Å²) in [6, 6.07) is 6.27. The molecule has 1 N–H and O–H groups in total. The van der Waals surface area contributed by atoms with E-state index in [1.165, 1.54) is 5.56 Å². The zero-order chi connectivity index (χ0) is 12.1. The third-order valence-electron chi connectivity index (χ3n) is 2.81. The van der Waals surface area contributed by atoms with E-state index in [0.29, 0.717) is 25.9 Å². The minimum atomic E-state index is 0.294. The number of likely N-dealkylation sites (N-methyl/N-ethyl adjacent to an activating group) is 1. The molecular formula is C13H19NO3. The molecule has 1 heterocycles. The molecule has 1 unspecified atom stereocenters. The molecule has 1 aliphatic rings. The number of fused-ring (bicyclic) bond motifs is 1. The van der Waals surface area contributed by atoms with Crippen molar-refractivity contribution in [2.45, 2.75) is 13.0 Å². The highest BCUT2D eigenvalue weighted by molar-refractivity contribution is 5.44. The van der Waals surface area contributed by atoms with Crippen molar-refractivity contribution in [2.75, 3.05) is 33.5 Å². The van der Waals surface area contributed by atoms with Crippen LogP contribution in [0.2, 0.25) is 0 Å². The van der Waals surface area contributed by atoms with E-state index in [-0.39, 0.29) is 0 Å². The van der Waals surface area contributed by atoms with Crippen molar-refractivity contribution in [3.8, 4) is 11.5 Å². The lowest BCUT2D eigenvalue weighted by atomic mass is 10.1. The maximum absolute atomic E-state index is 5.60. The highest BCUT2D eigenvalue weighted by atomic mass is 16.5. The minimum absolute atomic E-state index is 0.294. The van der Waals surface area contributed by atoms with Gasteiger partial charge in [-0.05, 0) is 26.1 Å². The number of hydrogen-bond donors (Lipinski definition) is 1. The van der Waals surface area contributed by atoms with Gasteiger partial charge in [-0.3, -0.25) is 0 Å². The summed E-state index contributed by atoms with van der Waals surface area (Å²) in [7, 11) is 1.94. The summed E-state index contributed by atoms with van der Waals surface area (Å²) < 4.78 is 16.4. The van der Waals surface area contributed by atoms with Gasteiger partial charge in [0.05, 0.1) is 12.6 Å². The molecule has 94 valence electrons. The maximum atomic E-state index is 5.60. The average Bonchev–Trinajstić information content (AvgIpc) is 2.77. The van der Waals surface area contributed by atoms with Crippen LogP contribution in [0.25, 0.3) is 0 Å². The van der Waals surface area contributed by atoms with E-state index in [2.05, 4.69) is 11.4 Å². The van der Waals surface area contributed by atoms with Gasteiger partial charge in [0.1, 0.15) is 24.7 Å². The molecule has 0 amide bonds. The van der Waals surface area contributed by atoms with Crippen molar-refractivity contribution in [3.63, 3.8) is 0 Å². The van der Waals surface area contributed by atoms with Gasteiger partial charge in [0.2, 0.25) is 0 Å². The van der Waals surface area contributed by atoms with Gasteiger partial charge in [-0.15, -0.1) is 0 Å². The third-order valence-corrected chi connectivity index (χ3v) is 2.81. The molecule has 0 saturated heterocycles. The van der Waals surface area contributed by atoms with Crippen LogP contribution in [0, 0.1) is 0 Å².